The summed E-state index contributed by atoms with van der Waals surface area (Å²) in [6.07, 6.45) is 1.76. The Morgan fingerprint density at radius 2 is 2.16 bits per heavy atom. The van der Waals surface area contributed by atoms with Crippen LogP contribution in [0.1, 0.15) is 19.4 Å². The zero-order valence-corrected chi connectivity index (χ0v) is 17.5. The van der Waals surface area contributed by atoms with E-state index >= 15 is 0 Å². The van der Waals surface area contributed by atoms with Crippen LogP contribution in [0, 0.1) is 11.8 Å². The van der Waals surface area contributed by atoms with Crippen LogP contribution in [0.5, 0.6) is 5.88 Å². The molecule has 2 heterocycles. The van der Waals surface area contributed by atoms with Gasteiger partial charge in [-0.05, 0) is 18.4 Å². The molecule has 0 bridgehead atoms. The first kappa shape index (κ1) is 21.5. The first-order valence-corrected chi connectivity index (χ1v) is 8.19. The molecule has 1 aliphatic rings. The van der Waals surface area contributed by atoms with Crippen LogP contribution in [-0.4, -0.2) is 55.7 Å². The number of aromatic nitrogens is 1. The number of carbonyl (C=O) groups excluding carboxylic acids is 1. The molecule has 0 spiro atoms. The SMILES string of the molecule is CCNC(=NCc1ccc(OC)nc1)N1CC(C)C(C(=O)OC)C1.I. The fourth-order valence-corrected chi connectivity index (χ4v) is 2.82. The van der Waals surface area contributed by atoms with Crippen molar-refractivity contribution in [1.82, 2.24) is 15.2 Å². The lowest BCUT2D eigenvalue weighted by Crippen LogP contribution is -2.40. The summed E-state index contributed by atoms with van der Waals surface area (Å²) in [6, 6.07) is 3.77. The molecule has 0 aliphatic carbocycles. The normalized spacial score (nSPS) is 20.0. The maximum absolute atomic E-state index is 11.9. The number of methoxy groups -OCH3 is 2. The Morgan fingerprint density at radius 1 is 1.40 bits per heavy atom. The predicted octanol–water partition coefficient (Wildman–Crippen LogP) is 1.91. The number of halogens is 1. The van der Waals surface area contributed by atoms with Crippen LogP contribution >= 0.6 is 24.0 Å². The third kappa shape index (κ3) is 5.72. The van der Waals surface area contributed by atoms with Crippen molar-refractivity contribution < 1.29 is 14.3 Å². The summed E-state index contributed by atoms with van der Waals surface area (Å²) in [6.45, 7) is 6.80. The van der Waals surface area contributed by atoms with Crippen molar-refractivity contribution in [2.75, 3.05) is 33.9 Å². The van der Waals surface area contributed by atoms with E-state index in [0.29, 0.717) is 19.0 Å². The Bertz CT molecular complexity index is 580. The van der Waals surface area contributed by atoms with Gasteiger partial charge in [-0.15, -0.1) is 24.0 Å². The van der Waals surface area contributed by atoms with E-state index in [-0.39, 0.29) is 41.8 Å². The fourth-order valence-electron chi connectivity index (χ4n) is 2.82. The molecular weight excluding hydrogens is 435 g/mol. The molecule has 1 aliphatic heterocycles. The second-order valence-electron chi connectivity index (χ2n) is 5.89. The molecular formula is C17H27IN4O3. The Balaban J connectivity index is 0.00000312. The van der Waals surface area contributed by atoms with Crippen molar-refractivity contribution in [3.8, 4) is 5.88 Å². The molecule has 1 fully saturated rings. The molecule has 2 unspecified atom stereocenters. The van der Waals surface area contributed by atoms with Crippen LogP contribution < -0.4 is 10.1 Å². The number of guanidine groups is 1. The number of hydrogen-bond donors (Lipinski definition) is 1. The van der Waals surface area contributed by atoms with E-state index in [1.165, 1.54) is 7.11 Å². The molecule has 1 aromatic rings. The van der Waals surface area contributed by atoms with E-state index in [9.17, 15) is 4.79 Å². The molecule has 25 heavy (non-hydrogen) atoms. The van der Waals surface area contributed by atoms with Crippen LogP contribution in [0.2, 0.25) is 0 Å². The topological polar surface area (TPSA) is 76.1 Å². The highest BCUT2D eigenvalue weighted by molar-refractivity contribution is 14.0. The van der Waals surface area contributed by atoms with Gasteiger partial charge in [0.25, 0.3) is 0 Å². The number of hydrogen-bond acceptors (Lipinski definition) is 5. The monoisotopic (exact) mass is 462 g/mol. The van der Waals surface area contributed by atoms with Crippen molar-refractivity contribution in [2.45, 2.75) is 20.4 Å². The number of rotatable bonds is 5. The summed E-state index contributed by atoms with van der Waals surface area (Å²) < 4.78 is 9.96. The van der Waals surface area contributed by atoms with Crippen LogP contribution in [-0.2, 0) is 16.1 Å². The van der Waals surface area contributed by atoms with Gasteiger partial charge in [0.2, 0.25) is 5.88 Å². The first-order chi connectivity index (χ1) is 11.6. The van der Waals surface area contributed by atoms with Crippen molar-refractivity contribution >= 4 is 35.9 Å². The van der Waals surface area contributed by atoms with Gasteiger partial charge in [-0.3, -0.25) is 4.79 Å². The minimum absolute atomic E-state index is 0. The number of esters is 1. The number of carbonyl (C=O) groups is 1. The third-order valence-corrected chi connectivity index (χ3v) is 4.17. The van der Waals surface area contributed by atoms with E-state index in [0.717, 1.165) is 24.6 Å². The summed E-state index contributed by atoms with van der Waals surface area (Å²) in [5.41, 5.74) is 1.00. The molecule has 1 saturated heterocycles. The lowest BCUT2D eigenvalue weighted by atomic mass is 9.99. The Hall–Kier alpha value is -1.58. The smallest absolute Gasteiger partial charge is 0.310 e. The number of aliphatic imine (C=N–C) groups is 1. The van der Waals surface area contributed by atoms with E-state index in [1.54, 1.807) is 13.3 Å². The van der Waals surface area contributed by atoms with Gasteiger partial charge in [0.1, 0.15) is 0 Å². The van der Waals surface area contributed by atoms with Crippen LogP contribution in [0.25, 0.3) is 0 Å². The second-order valence-corrected chi connectivity index (χ2v) is 5.89. The minimum atomic E-state index is -0.153. The van der Waals surface area contributed by atoms with Gasteiger partial charge >= 0.3 is 5.97 Å². The van der Waals surface area contributed by atoms with Crippen molar-refractivity contribution in [3.05, 3.63) is 23.9 Å². The quantitative estimate of drug-likeness (QED) is 0.312. The highest BCUT2D eigenvalue weighted by Crippen LogP contribution is 2.24. The van der Waals surface area contributed by atoms with Crippen LogP contribution in [0.4, 0.5) is 0 Å². The molecule has 8 heteroatoms. The predicted molar refractivity (Wildman–Crippen MR) is 107 cm³/mol. The summed E-state index contributed by atoms with van der Waals surface area (Å²) in [4.78, 5) is 22.8. The molecule has 7 nitrogen and oxygen atoms in total. The lowest BCUT2D eigenvalue weighted by Gasteiger charge is -2.21. The maximum Gasteiger partial charge on any atom is 0.310 e. The molecule has 1 aromatic heterocycles. The molecule has 2 rings (SSSR count). The second kappa shape index (κ2) is 10.4. The Labute approximate surface area is 166 Å². The molecule has 2 atom stereocenters. The van der Waals surface area contributed by atoms with Crippen molar-refractivity contribution in [2.24, 2.45) is 16.8 Å². The van der Waals surface area contributed by atoms with Gasteiger partial charge in [0.05, 0.1) is 26.7 Å². The zero-order valence-electron chi connectivity index (χ0n) is 15.2. The fraction of sp³-hybridized carbons (Fsp3) is 0.588. The minimum Gasteiger partial charge on any atom is -0.481 e. The first-order valence-electron chi connectivity index (χ1n) is 8.19. The third-order valence-electron chi connectivity index (χ3n) is 4.17. The molecule has 140 valence electrons. The maximum atomic E-state index is 11.9. The largest absolute Gasteiger partial charge is 0.481 e. The zero-order chi connectivity index (χ0) is 17.5. The standard InChI is InChI=1S/C17H26N4O3.HI/c1-5-18-17(20-9-13-6-7-15(23-3)19-8-13)21-10-12(2)14(11-21)16(22)24-4;/h6-8,12,14H,5,9-11H2,1-4H3,(H,18,20);1H. The summed E-state index contributed by atoms with van der Waals surface area (Å²) in [7, 11) is 3.03. The Morgan fingerprint density at radius 3 is 2.72 bits per heavy atom. The van der Waals surface area contributed by atoms with Gasteiger partial charge in [0, 0.05) is 31.9 Å². The van der Waals surface area contributed by atoms with E-state index in [1.807, 2.05) is 19.1 Å². The number of ether oxygens (including phenoxy) is 2. The number of nitrogens with one attached hydrogen (secondary N) is 1. The van der Waals surface area contributed by atoms with E-state index < -0.39 is 0 Å². The van der Waals surface area contributed by atoms with Crippen molar-refractivity contribution in [3.63, 3.8) is 0 Å². The van der Waals surface area contributed by atoms with Gasteiger partial charge in [-0.1, -0.05) is 13.0 Å². The summed E-state index contributed by atoms with van der Waals surface area (Å²) in [5, 5.41) is 3.29. The van der Waals surface area contributed by atoms with Crippen LogP contribution in [0.15, 0.2) is 23.3 Å². The molecule has 1 N–H and O–H groups in total. The number of likely N-dealkylation sites (tertiary alicyclic amines) is 1. The average Bonchev–Trinajstić information content (AvgIpc) is 3.00. The molecule has 0 amide bonds. The average molecular weight is 462 g/mol. The van der Waals surface area contributed by atoms with Gasteiger partial charge < -0.3 is 19.7 Å². The summed E-state index contributed by atoms with van der Waals surface area (Å²) in [5.74, 6) is 1.38. The highest BCUT2D eigenvalue weighted by atomic mass is 127. The number of nitrogens with zero attached hydrogens (tertiary/aromatic N) is 3. The van der Waals surface area contributed by atoms with Crippen molar-refractivity contribution in [1.29, 1.82) is 0 Å². The summed E-state index contributed by atoms with van der Waals surface area (Å²) >= 11 is 0. The Kier molecular flexibility index (Phi) is 8.95. The van der Waals surface area contributed by atoms with E-state index in [4.69, 9.17) is 9.47 Å². The molecule has 0 radical (unpaired) electrons. The molecule has 0 aromatic carbocycles. The lowest BCUT2D eigenvalue weighted by molar-refractivity contribution is -0.145. The van der Waals surface area contributed by atoms with Gasteiger partial charge in [-0.25, -0.2) is 9.98 Å². The van der Waals surface area contributed by atoms with E-state index in [2.05, 4.69) is 27.1 Å². The van der Waals surface area contributed by atoms with Crippen LogP contribution in [0.3, 0.4) is 0 Å². The molecule has 0 saturated carbocycles. The van der Waals surface area contributed by atoms with Gasteiger partial charge in [0.15, 0.2) is 5.96 Å². The number of pyridine rings is 1. The van der Waals surface area contributed by atoms with Gasteiger partial charge in [-0.2, -0.15) is 0 Å². The highest BCUT2D eigenvalue weighted by Gasteiger charge is 2.36.